The van der Waals surface area contributed by atoms with Gasteiger partial charge >= 0.3 is 11.9 Å². The molecule has 0 saturated heterocycles. The van der Waals surface area contributed by atoms with E-state index in [1.54, 1.807) is 6.07 Å². The van der Waals surface area contributed by atoms with Gasteiger partial charge in [0.2, 0.25) is 0 Å². The molecule has 0 bridgehead atoms. The van der Waals surface area contributed by atoms with E-state index in [1.165, 1.54) is 6.07 Å². The predicted octanol–water partition coefficient (Wildman–Crippen LogP) is 4.56. The normalized spacial score (nSPS) is 10.4. The minimum atomic E-state index is -1.25. The molecule has 0 aliphatic heterocycles. The summed E-state index contributed by atoms with van der Waals surface area (Å²) >= 11 is 6.19. The van der Waals surface area contributed by atoms with Crippen LogP contribution in [0.25, 0.3) is 0 Å². The van der Waals surface area contributed by atoms with Crippen LogP contribution >= 0.6 is 67.8 Å². The molecule has 0 amide bonds. The number of hydrogen-bond donors (Lipinski definition) is 1. The molecule has 0 fully saturated rings. The molecule has 0 aliphatic carbocycles. The fourth-order valence-electron chi connectivity index (χ4n) is 1.58. The number of carbonyl (C=O) groups is 2. The summed E-state index contributed by atoms with van der Waals surface area (Å²) in [5.41, 5.74) is 0.120. The summed E-state index contributed by atoms with van der Waals surface area (Å²) < 4.78 is 21.3. The summed E-state index contributed by atoms with van der Waals surface area (Å²) in [7, 11) is 0. The average molecular weight is 638 g/mol. The van der Waals surface area contributed by atoms with E-state index in [4.69, 9.17) is 9.84 Å². The first-order valence-corrected chi connectivity index (χ1v) is 8.93. The second kappa shape index (κ2) is 7.38. The van der Waals surface area contributed by atoms with E-state index in [0.717, 1.165) is 19.3 Å². The summed E-state index contributed by atoms with van der Waals surface area (Å²) in [6.07, 6.45) is 0. The van der Waals surface area contributed by atoms with Crippen LogP contribution < -0.4 is 4.74 Å². The fourth-order valence-corrected chi connectivity index (χ4v) is 3.95. The molecule has 0 aliphatic rings. The molecule has 2 rings (SSSR count). The van der Waals surface area contributed by atoms with Gasteiger partial charge in [-0.15, -0.1) is 0 Å². The van der Waals surface area contributed by atoms with Gasteiger partial charge in [-0.1, -0.05) is 0 Å². The van der Waals surface area contributed by atoms with Crippen LogP contribution in [0.15, 0.2) is 30.3 Å². The Bertz CT molecular complexity index is 777. The molecule has 2 aromatic rings. The van der Waals surface area contributed by atoms with Gasteiger partial charge in [0.1, 0.15) is 0 Å². The van der Waals surface area contributed by atoms with Crippen LogP contribution in [0.1, 0.15) is 20.7 Å². The van der Waals surface area contributed by atoms with Crippen LogP contribution in [-0.4, -0.2) is 17.0 Å². The van der Waals surface area contributed by atoms with Crippen molar-refractivity contribution in [1.29, 1.82) is 0 Å². The largest absolute Gasteiger partial charge is 0.478 e. The van der Waals surface area contributed by atoms with Crippen LogP contribution in [0.5, 0.6) is 5.75 Å². The quantitative estimate of drug-likeness (QED) is 0.232. The highest BCUT2D eigenvalue weighted by atomic mass is 127. The highest BCUT2D eigenvalue weighted by molar-refractivity contribution is 14.1. The van der Waals surface area contributed by atoms with Crippen molar-refractivity contribution in [2.24, 2.45) is 0 Å². The van der Waals surface area contributed by atoms with Crippen molar-refractivity contribution < 1.29 is 23.8 Å². The lowest BCUT2D eigenvalue weighted by Gasteiger charge is -2.09. The van der Waals surface area contributed by atoms with Crippen molar-refractivity contribution in [1.82, 2.24) is 0 Å². The van der Waals surface area contributed by atoms with Crippen LogP contribution in [0.3, 0.4) is 0 Å². The molecule has 22 heavy (non-hydrogen) atoms. The molecule has 1 N–H and O–H groups in total. The third-order valence-corrected chi connectivity index (χ3v) is 6.26. The number of benzene rings is 2. The summed E-state index contributed by atoms with van der Waals surface area (Å²) in [4.78, 5) is 22.9. The van der Waals surface area contributed by atoms with Gasteiger partial charge in [0.25, 0.3) is 0 Å². The zero-order valence-electron chi connectivity index (χ0n) is 10.6. The number of ether oxygens (including phenoxy) is 1. The molecule has 0 radical (unpaired) electrons. The molecule has 8 heteroatoms. The fraction of sp³-hybridized carbons (Fsp3) is 0. The number of rotatable bonds is 3. The lowest BCUT2D eigenvalue weighted by Crippen LogP contribution is -2.13. The van der Waals surface area contributed by atoms with Gasteiger partial charge in [-0.05, 0) is 98.1 Å². The maximum absolute atomic E-state index is 13.8. The minimum Gasteiger partial charge on any atom is -0.478 e. The highest BCUT2D eigenvalue weighted by Gasteiger charge is 2.18. The van der Waals surface area contributed by atoms with E-state index in [0.29, 0.717) is 9.13 Å². The molecule has 0 spiro atoms. The summed E-state index contributed by atoms with van der Waals surface area (Å²) in [6.45, 7) is 0. The lowest BCUT2D eigenvalue weighted by molar-refractivity contribution is 0.0696. The number of esters is 1. The standard InChI is InChI=1S/C14H6FI3O4/c15-9-3-6(13(19)20)1-2-11(9)22-14(21)8-4-7(16)5-10(17)12(8)18/h1-5H,(H,19,20). The highest BCUT2D eigenvalue weighted by Crippen LogP contribution is 2.25. The zero-order chi connectivity index (χ0) is 16.4. The molecule has 2 aromatic carbocycles. The minimum absolute atomic E-state index is 0.212. The van der Waals surface area contributed by atoms with Gasteiger partial charge in [0, 0.05) is 10.7 Å². The van der Waals surface area contributed by atoms with Gasteiger partial charge in [-0.2, -0.15) is 0 Å². The molecule has 0 unspecified atom stereocenters. The molecule has 114 valence electrons. The number of carboxylic acids is 1. The Hall–Kier alpha value is -0.500. The molecular weight excluding hydrogens is 632 g/mol. The first kappa shape index (κ1) is 17.8. The van der Waals surface area contributed by atoms with Crippen molar-refractivity contribution in [3.05, 3.63) is 58.0 Å². The number of carboxylic acid groups (broad SMARTS) is 1. The Morgan fingerprint density at radius 3 is 2.36 bits per heavy atom. The van der Waals surface area contributed by atoms with Gasteiger partial charge in [-0.25, -0.2) is 14.0 Å². The second-order valence-electron chi connectivity index (χ2n) is 4.09. The number of hydrogen-bond acceptors (Lipinski definition) is 3. The second-order valence-corrected chi connectivity index (χ2v) is 7.58. The zero-order valence-corrected chi connectivity index (χ0v) is 17.0. The summed E-state index contributed by atoms with van der Waals surface area (Å²) in [5, 5.41) is 8.78. The van der Waals surface area contributed by atoms with Gasteiger partial charge in [0.05, 0.1) is 11.1 Å². The Kier molecular flexibility index (Phi) is 5.99. The van der Waals surface area contributed by atoms with E-state index in [2.05, 4.69) is 45.2 Å². The van der Waals surface area contributed by atoms with E-state index in [-0.39, 0.29) is 11.3 Å². The SMILES string of the molecule is O=C(O)c1ccc(OC(=O)c2cc(I)cc(I)c2I)c(F)c1. The maximum atomic E-state index is 13.8. The third kappa shape index (κ3) is 4.07. The Morgan fingerprint density at radius 1 is 1.09 bits per heavy atom. The van der Waals surface area contributed by atoms with Crippen LogP contribution in [0, 0.1) is 16.5 Å². The van der Waals surface area contributed by atoms with Crippen molar-refractivity contribution in [3.63, 3.8) is 0 Å². The topological polar surface area (TPSA) is 63.6 Å². The van der Waals surface area contributed by atoms with Crippen molar-refractivity contribution in [2.45, 2.75) is 0 Å². The Balaban J connectivity index is 2.32. The number of halogens is 4. The molecule has 0 heterocycles. The first-order chi connectivity index (χ1) is 10.3. The number of carbonyl (C=O) groups excluding carboxylic acids is 1. The number of aromatic carboxylic acids is 1. The van der Waals surface area contributed by atoms with Crippen LogP contribution in [0.2, 0.25) is 0 Å². The molecule has 0 aromatic heterocycles. The molecule has 4 nitrogen and oxygen atoms in total. The Morgan fingerprint density at radius 2 is 1.77 bits per heavy atom. The van der Waals surface area contributed by atoms with Crippen molar-refractivity contribution >= 4 is 79.7 Å². The average Bonchev–Trinajstić information content (AvgIpc) is 2.44. The molecular formula is C14H6FI3O4. The molecule has 0 atom stereocenters. The Labute approximate surface area is 165 Å². The predicted molar refractivity (Wildman–Crippen MR) is 103 cm³/mol. The van der Waals surface area contributed by atoms with Crippen molar-refractivity contribution in [2.75, 3.05) is 0 Å². The summed E-state index contributed by atoms with van der Waals surface area (Å²) in [6, 6.07) is 6.67. The summed E-state index contributed by atoms with van der Waals surface area (Å²) in [5.74, 6) is -3.15. The van der Waals surface area contributed by atoms with Crippen molar-refractivity contribution in [3.8, 4) is 5.75 Å². The van der Waals surface area contributed by atoms with Gasteiger partial charge in [0.15, 0.2) is 11.6 Å². The third-order valence-electron chi connectivity index (χ3n) is 2.59. The maximum Gasteiger partial charge on any atom is 0.344 e. The van der Waals surface area contributed by atoms with Crippen LogP contribution in [0.4, 0.5) is 4.39 Å². The first-order valence-electron chi connectivity index (χ1n) is 5.69. The van der Waals surface area contributed by atoms with E-state index in [9.17, 15) is 14.0 Å². The van der Waals surface area contributed by atoms with Gasteiger partial charge < -0.3 is 9.84 Å². The van der Waals surface area contributed by atoms with E-state index < -0.39 is 17.8 Å². The van der Waals surface area contributed by atoms with Crippen LogP contribution in [-0.2, 0) is 0 Å². The smallest absolute Gasteiger partial charge is 0.344 e. The van der Waals surface area contributed by atoms with E-state index in [1.807, 2.05) is 28.7 Å². The lowest BCUT2D eigenvalue weighted by atomic mass is 10.2. The van der Waals surface area contributed by atoms with E-state index >= 15 is 0 Å². The van der Waals surface area contributed by atoms with Gasteiger partial charge in [-0.3, -0.25) is 0 Å². The monoisotopic (exact) mass is 638 g/mol. The molecule has 0 saturated carbocycles.